The summed E-state index contributed by atoms with van der Waals surface area (Å²) in [5, 5.41) is 17.3. The predicted octanol–water partition coefficient (Wildman–Crippen LogP) is 3.37. The fourth-order valence-electron chi connectivity index (χ4n) is 2.32. The molecule has 27 heavy (non-hydrogen) atoms. The highest BCUT2D eigenvalue weighted by atomic mass is 35.5. The van der Waals surface area contributed by atoms with Gasteiger partial charge in [0, 0.05) is 18.7 Å². The van der Waals surface area contributed by atoms with E-state index in [0.717, 1.165) is 4.68 Å². The van der Waals surface area contributed by atoms with Crippen LogP contribution in [0, 0.1) is 17.0 Å². The first-order chi connectivity index (χ1) is 12.5. The Labute approximate surface area is 156 Å². The maximum atomic E-state index is 13.0. The standard InChI is InChI=1S/C14H16ClF3N6O3/c1-7(20-11-9(14(16,17)18)6-19-13(15)21-11)4-5-27-10-8(2)22-23(3)12(10)24(25)26/h6-7H,4-5H2,1-3H3,(H,19,20,21)/t7-/m0/s1. The van der Waals surface area contributed by atoms with E-state index in [1.807, 2.05) is 0 Å². The molecule has 0 spiro atoms. The zero-order chi connectivity index (χ0) is 20.4. The molecule has 0 amide bonds. The Balaban J connectivity index is 2.04. The maximum absolute atomic E-state index is 13.0. The van der Waals surface area contributed by atoms with Gasteiger partial charge < -0.3 is 20.2 Å². The van der Waals surface area contributed by atoms with E-state index in [0.29, 0.717) is 11.9 Å². The number of halogens is 4. The quantitative estimate of drug-likeness (QED) is 0.425. The van der Waals surface area contributed by atoms with Gasteiger partial charge in [0.1, 0.15) is 24.1 Å². The van der Waals surface area contributed by atoms with E-state index in [4.69, 9.17) is 16.3 Å². The lowest BCUT2D eigenvalue weighted by Gasteiger charge is -2.18. The second-order valence-corrected chi connectivity index (χ2v) is 6.04. The lowest BCUT2D eigenvalue weighted by Crippen LogP contribution is -2.22. The van der Waals surface area contributed by atoms with Gasteiger partial charge in [-0.1, -0.05) is 5.10 Å². The summed E-state index contributed by atoms with van der Waals surface area (Å²) >= 11 is 5.57. The van der Waals surface area contributed by atoms with E-state index in [1.54, 1.807) is 13.8 Å². The molecule has 9 nitrogen and oxygen atoms in total. The van der Waals surface area contributed by atoms with Crippen LogP contribution in [0.15, 0.2) is 6.20 Å². The fourth-order valence-corrected chi connectivity index (χ4v) is 2.45. The molecule has 0 aliphatic rings. The average Bonchev–Trinajstić information content (AvgIpc) is 2.80. The Bertz CT molecular complexity index is 842. The molecule has 2 heterocycles. The van der Waals surface area contributed by atoms with Crippen molar-refractivity contribution in [1.29, 1.82) is 0 Å². The normalized spacial score (nSPS) is 12.7. The molecule has 0 radical (unpaired) electrons. The number of nitrogens with one attached hydrogen (secondary N) is 1. The number of anilines is 1. The number of ether oxygens (including phenoxy) is 1. The third-order valence-electron chi connectivity index (χ3n) is 3.56. The molecule has 0 unspecified atom stereocenters. The van der Waals surface area contributed by atoms with Gasteiger partial charge >= 0.3 is 12.0 Å². The third kappa shape index (κ3) is 4.96. The molecule has 2 aromatic heterocycles. The zero-order valence-electron chi connectivity index (χ0n) is 14.5. The largest absolute Gasteiger partial charge is 0.484 e. The number of nitro groups is 1. The molecule has 2 aromatic rings. The van der Waals surface area contributed by atoms with Crippen LogP contribution in [0.4, 0.5) is 24.8 Å². The molecule has 0 bridgehead atoms. The van der Waals surface area contributed by atoms with E-state index in [1.165, 1.54) is 7.05 Å². The molecule has 1 N–H and O–H groups in total. The molecule has 0 saturated carbocycles. The summed E-state index contributed by atoms with van der Waals surface area (Å²) in [6, 6.07) is -0.492. The van der Waals surface area contributed by atoms with E-state index in [-0.39, 0.29) is 29.9 Å². The van der Waals surface area contributed by atoms with Gasteiger partial charge in [-0.25, -0.2) is 9.97 Å². The summed E-state index contributed by atoms with van der Waals surface area (Å²) < 4.78 is 45.6. The highest BCUT2D eigenvalue weighted by molar-refractivity contribution is 6.28. The van der Waals surface area contributed by atoms with Crippen LogP contribution in [-0.4, -0.2) is 37.3 Å². The van der Waals surface area contributed by atoms with Crippen molar-refractivity contribution >= 4 is 23.2 Å². The molecule has 148 valence electrons. The maximum Gasteiger partial charge on any atom is 0.421 e. The number of nitrogens with zero attached hydrogens (tertiary/aromatic N) is 5. The third-order valence-corrected chi connectivity index (χ3v) is 3.74. The smallest absolute Gasteiger partial charge is 0.421 e. The fraction of sp³-hybridized carbons (Fsp3) is 0.500. The first-order valence-corrected chi connectivity index (χ1v) is 8.05. The molecule has 0 aliphatic carbocycles. The molecule has 0 saturated heterocycles. The summed E-state index contributed by atoms with van der Waals surface area (Å²) in [6.45, 7) is 3.19. The number of alkyl halides is 3. The average molecular weight is 409 g/mol. The predicted molar refractivity (Wildman–Crippen MR) is 89.8 cm³/mol. The van der Waals surface area contributed by atoms with Crippen LogP contribution >= 0.6 is 11.6 Å². The molecular weight excluding hydrogens is 393 g/mol. The van der Waals surface area contributed by atoms with Crippen LogP contribution in [0.3, 0.4) is 0 Å². The summed E-state index contributed by atoms with van der Waals surface area (Å²) in [7, 11) is 1.42. The summed E-state index contributed by atoms with van der Waals surface area (Å²) in [5.74, 6) is -0.718. The van der Waals surface area contributed by atoms with Gasteiger partial charge in [0.15, 0.2) is 0 Å². The second-order valence-electron chi connectivity index (χ2n) is 5.70. The zero-order valence-corrected chi connectivity index (χ0v) is 15.3. The van der Waals surface area contributed by atoms with E-state index in [9.17, 15) is 23.3 Å². The van der Waals surface area contributed by atoms with E-state index < -0.39 is 28.5 Å². The van der Waals surface area contributed by atoms with E-state index >= 15 is 0 Å². The summed E-state index contributed by atoms with van der Waals surface area (Å²) in [4.78, 5) is 17.4. The Morgan fingerprint density at radius 1 is 1.48 bits per heavy atom. The van der Waals surface area contributed by atoms with Crippen molar-refractivity contribution < 1.29 is 22.8 Å². The van der Waals surface area contributed by atoms with Gasteiger partial charge in [0.05, 0.1) is 6.61 Å². The molecule has 0 aliphatic heterocycles. The van der Waals surface area contributed by atoms with Crippen LogP contribution < -0.4 is 10.1 Å². The minimum Gasteiger partial charge on any atom is -0.484 e. The van der Waals surface area contributed by atoms with Crippen molar-refractivity contribution in [3.05, 3.63) is 32.9 Å². The molecule has 0 aromatic carbocycles. The first-order valence-electron chi connectivity index (χ1n) is 7.67. The van der Waals surface area contributed by atoms with Gasteiger partial charge in [-0.05, 0) is 30.4 Å². The molecule has 13 heteroatoms. The van der Waals surface area contributed by atoms with Gasteiger partial charge in [-0.15, -0.1) is 4.68 Å². The lowest BCUT2D eigenvalue weighted by atomic mass is 10.2. The van der Waals surface area contributed by atoms with Crippen molar-refractivity contribution in [3.8, 4) is 5.75 Å². The molecule has 2 rings (SSSR count). The van der Waals surface area contributed by atoms with Crippen molar-refractivity contribution in [3.63, 3.8) is 0 Å². The highest BCUT2D eigenvalue weighted by Crippen LogP contribution is 2.34. The number of aryl methyl sites for hydroxylation is 2. The number of hydrogen-bond acceptors (Lipinski definition) is 7. The molecule has 1 atom stereocenters. The minimum absolute atomic E-state index is 0.0156. The first kappa shape index (κ1) is 20.7. The van der Waals surface area contributed by atoms with Crippen LogP contribution in [0.2, 0.25) is 5.28 Å². The van der Waals surface area contributed by atoms with Gasteiger partial charge in [0.25, 0.3) is 0 Å². The summed E-state index contributed by atoms with van der Waals surface area (Å²) in [5.41, 5.74) is -0.704. The Hall–Kier alpha value is -2.63. The van der Waals surface area contributed by atoms with Crippen molar-refractivity contribution in [2.45, 2.75) is 32.5 Å². The monoisotopic (exact) mass is 408 g/mol. The number of hydrogen-bond donors (Lipinski definition) is 1. The van der Waals surface area contributed by atoms with Crippen LogP contribution in [0.25, 0.3) is 0 Å². The number of aromatic nitrogens is 4. The highest BCUT2D eigenvalue weighted by Gasteiger charge is 2.35. The van der Waals surface area contributed by atoms with E-state index in [2.05, 4.69) is 20.4 Å². The topological polar surface area (TPSA) is 108 Å². The Morgan fingerprint density at radius 2 is 2.15 bits per heavy atom. The van der Waals surface area contributed by atoms with Crippen LogP contribution in [-0.2, 0) is 13.2 Å². The minimum atomic E-state index is -4.64. The SMILES string of the molecule is Cc1nn(C)c([N+](=O)[O-])c1OCC[C@H](C)Nc1nc(Cl)ncc1C(F)(F)F. The molecular formula is C14H16ClF3N6O3. The van der Waals surface area contributed by atoms with Crippen LogP contribution in [0.1, 0.15) is 24.6 Å². The van der Waals surface area contributed by atoms with Gasteiger partial charge in [-0.2, -0.15) is 13.2 Å². The second kappa shape index (κ2) is 7.94. The summed E-state index contributed by atoms with van der Waals surface area (Å²) in [6.07, 6.45) is -3.80. The van der Waals surface area contributed by atoms with Crippen molar-refractivity contribution in [2.24, 2.45) is 7.05 Å². The van der Waals surface area contributed by atoms with Crippen molar-refractivity contribution in [1.82, 2.24) is 19.7 Å². The Kier molecular flexibility index (Phi) is 6.08. The van der Waals surface area contributed by atoms with Gasteiger partial charge in [-0.3, -0.25) is 0 Å². The lowest BCUT2D eigenvalue weighted by molar-refractivity contribution is -0.393. The van der Waals surface area contributed by atoms with Crippen molar-refractivity contribution in [2.75, 3.05) is 11.9 Å². The van der Waals surface area contributed by atoms with Crippen LogP contribution in [0.5, 0.6) is 5.75 Å². The van der Waals surface area contributed by atoms with Gasteiger partial charge in [0.2, 0.25) is 11.0 Å². The molecule has 0 fully saturated rings. The number of rotatable bonds is 7. The Morgan fingerprint density at radius 3 is 2.74 bits per heavy atom.